The fraction of sp³-hybridized carbons (Fsp3) is 0.278. The van der Waals surface area contributed by atoms with E-state index in [4.69, 9.17) is 11.6 Å². The summed E-state index contributed by atoms with van der Waals surface area (Å²) in [6.07, 6.45) is 1.79. The zero-order valence-corrected chi connectivity index (χ0v) is 14.8. The van der Waals surface area contributed by atoms with E-state index >= 15 is 0 Å². The minimum Gasteiger partial charge on any atom is -0.363 e. The van der Waals surface area contributed by atoms with Crippen LogP contribution < -0.4 is 15.1 Å². The highest BCUT2D eigenvalue weighted by Crippen LogP contribution is 2.27. The Hall–Kier alpha value is -2.60. The maximum Gasteiger partial charge on any atom is 0.229 e. The van der Waals surface area contributed by atoms with Crippen LogP contribution in [0.1, 0.15) is 6.42 Å². The molecule has 1 saturated heterocycles. The molecule has 0 radical (unpaired) electrons. The highest BCUT2D eigenvalue weighted by atomic mass is 35.5. The van der Waals surface area contributed by atoms with Crippen LogP contribution in [0, 0.1) is 5.92 Å². The minimum absolute atomic E-state index is 0.0801. The number of carbonyl (C=O) groups excluding carboxylic acids is 2. The van der Waals surface area contributed by atoms with Crippen molar-refractivity contribution < 1.29 is 9.59 Å². The van der Waals surface area contributed by atoms with Gasteiger partial charge in [-0.1, -0.05) is 17.7 Å². The molecule has 0 saturated carbocycles. The first kappa shape index (κ1) is 17.2. The van der Waals surface area contributed by atoms with Gasteiger partial charge in [0.15, 0.2) is 0 Å². The number of pyridine rings is 1. The number of nitrogens with one attached hydrogen (secondary N) is 1. The third-order valence-electron chi connectivity index (χ3n) is 4.09. The van der Waals surface area contributed by atoms with Gasteiger partial charge in [0, 0.05) is 37.8 Å². The summed E-state index contributed by atoms with van der Waals surface area (Å²) < 4.78 is 0. The Kier molecular flexibility index (Phi) is 4.90. The molecule has 2 aromatic rings. The number of nitrogens with zero attached hydrogens (tertiary/aromatic N) is 3. The van der Waals surface area contributed by atoms with Gasteiger partial charge in [-0.2, -0.15) is 0 Å². The van der Waals surface area contributed by atoms with Crippen molar-refractivity contribution in [3.8, 4) is 0 Å². The summed E-state index contributed by atoms with van der Waals surface area (Å²) in [5.41, 5.74) is 1.33. The van der Waals surface area contributed by atoms with Gasteiger partial charge in [-0.05, 0) is 30.3 Å². The van der Waals surface area contributed by atoms with Crippen molar-refractivity contribution in [3.63, 3.8) is 0 Å². The van der Waals surface area contributed by atoms with E-state index in [0.29, 0.717) is 22.9 Å². The Morgan fingerprint density at radius 3 is 2.76 bits per heavy atom. The molecule has 2 heterocycles. The predicted molar refractivity (Wildman–Crippen MR) is 99.1 cm³/mol. The molecule has 1 aliphatic rings. The first-order valence-electron chi connectivity index (χ1n) is 7.94. The summed E-state index contributed by atoms with van der Waals surface area (Å²) in [6.45, 7) is 0.341. The second kappa shape index (κ2) is 7.11. The van der Waals surface area contributed by atoms with E-state index in [2.05, 4.69) is 10.3 Å². The zero-order valence-electron chi connectivity index (χ0n) is 14.1. The molecule has 25 heavy (non-hydrogen) atoms. The van der Waals surface area contributed by atoms with E-state index in [1.165, 1.54) is 0 Å². The van der Waals surface area contributed by atoms with Crippen LogP contribution in [0.5, 0.6) is 0 Å². The van der Waals surface area contributed by atoms with Crippen LogP contribution in [0.25, 0.3) is 0 Å². The Balaban J connectivity index is 1.66. The van der Waals surface area contributed by atoms with E-state index in [0.717, 1.165) is 5.82 Å². The summed E-state index contributed by atoms with van der Waals surface area (Å²) in [4.78, 5) is 32.5. The van der Waals surface area contributed by atoms with Gasteiger partial charge >= 0.3 is 0 Å². The lowest BCUT2D eigenvalue weighted by Crippen LogP contribution is -2.28. The van der Waals surface area contributed by atoms with E-state index in [-0.39, 0.29) is 18.2 Å². The molecule has 0 unspecified atom stereocenters. The molecule has 1 aromatic heterocycles. The molecule has 3 rings (SSSR count). The summed E-state index contributed by atoms with van der Waals surface area (Å²) >= 11 is 5.98. The van der Waals surface area contributed by atoms with Crippen LogP contribution in [0.2, 0.25) is 5.02 Å². The Labute approximate surface area is 151 Å². The molecular formula is C18H19ClN4O2. The Morgan fingerprint density at radius 1 is 1.32 bits per heavy atom. The molecular weight excluding hydrogens is 340 g/mol. The van der Waals surface area contributed by atoms with Crippen molar-refractivity contribution >= 4 is 40.6 Å². The van der Waals surface area contributed by atoms with Crippen LogP contribution in [0.4, 0.5) is 17.2 Å². The van der Waals surface area contributed by atoms with Crippen LogP contribution in [0.3, 0.4) is 0 Å². The third-order valence-corrected chi connectivity index (χ3v) is 4.32. The van der Waals surface area contributed by atoms with Gasteiger partial charge in [-0.15, -0.1) is 0 Å². The number of carbonyl (C=O) groups is 2. The molecule has 2 amide bonds. The summed E-state index contributed by atoms with van der Waals surface area (Å²) in [7, 11) is 3.80. The predicted octanol–water partition coefficient (Wildman–Crippen LogP) is 2.79. The fourth-order valence-electron chi connectivity index (χ4n) is 2.75. The van der Waals surface area contributed by atoms with Crippen molar-refractivity contribution in [1.82, 2.24) is 4.98 Å². The molecule has 0 aliphatic carbocycles. The molecule has 1 atom stereocenters. The molecule has 0 spiro atoms. The van der Waals surface area contributed by atoms with E-state index in [1.807, 2.05) is 31.1 Å². The van der Waals surface area contributed by atoms with Crippen LogP contribution in [-0.4, -0.2) is 37.4 Å². The van der Waals surface area contributed by atoms with Gasteiger partial charge in [0.25, 0.3) is 0 Å². The number of rotatable bonds is 4. The van der Waals surface area contributed by atoms with Crippen molar-refractivity contribution in [2.75, 3.05) is 35.8 Å². The van der Waals surface area contributed by atoms with Gasteiger partial charge in [0.05, 0.1) is 17.8 Å². The second-order valence-electron chi connectivity index (χ2n) is 6.17. The van der Waals surface area contributed by atoms with Gasteiger partial charge in [0.1, 0.15) is 5.82 Å². The van der Waals surface area contributed by atoms with Gasteiger partial charge in [-0.3, -0.25) is 9.59 Å². The van der Waals surface area contributed by atoms with E-state index in [9.17, 15) is 9.59 Å². The number of hydrogen-bond donors (Lipinski definition) is 1. The van der Waals surface area contributed by atoms with Crippen LogP contribution >= 0.6 is 11.6 Å². The lowest BCUT2D eigenvalue weighted by molar-refractivity contribution is -0.122. The second-order valence-corrected chi connectivity index (χ2v) is 6.61. The van der Waals surface area contributed by atoms with Crippen molar-refractivity contribution in [2.24, 2.45) is 5.92 Å². The fourth-order valence-corrected chi connectivity index (χ4v) is 2.93. The van der Waals surface area contributed by atoms with Crippen molar-refractivity contribution in [1.29, 1.82) is 0 Å². The first-order chi connectivity index (χ1) is 11.9. The SMILES string of the molecule is CN(C)c1ccc(NC(=O)[C@@H]2CC(=O)N(c3cccc(Cl)c3)C2)cn1. The first-order valence-corrected chi connectivity index (χ1v) is 8.32. The average molecular weight is 359 g/mol. The Bertz CT molecular complexity index is 792. The van der Waals surface area contributed by atoms with E-state index < -0.39 is 5.92 Å². The monoisotopic (exact) mass is 358 g/mol. The van der Waals surface area contributed by atoms with Gasteiger partial charge < -0.3 is 15.1 Å². The zero-order chi connectivity index (χ0) is 18.0. The molecule has 1 N–H and O–H groups in total. The number of amides is 2. The van der Waals surface area contributed by atoms with Crippen LogP contribution in [-0.2, 0) is 9.59 Å². The molecule has 1 fully saturated rings. The molecule has 7 heteroatoms. The molecule has 1 aliphatic heterocycles. The summed E-state index contributed by atoms with van der Waals surface area (Å²) in [5.74, 6) is 0.141. The average Bonchev–Trinajstić information content (AvgIpc) is 2.97. The highest BCUT2D eigenvalue weighted by molar-refractivity contribution is 6.31. The molecule has 6 nitrogen and oxygen atoms in total. The third kappa shape index (κ3) is 3.91. The van der Waals surface area contributed by atoms with Crippen molar-refractivity contribution in [2.45, 2.75) is 6.42 Å². The van der Waals surface area contributed by atoms with Gasteiger partial charge in [0.2, 0.25) is 11.8 Å². The summed E-state index contributed by atoms with van der Waals surface area (Å²) in [5, 5.41) is 3.39. The number of aromatic nitrogens is 1. The topological polar surface area (TPSA) is 65.5 Å². The molecule has 1 aromatic carbocycles. The van der Waals surface area contributed by atoms with Gasteiger partial charge in [-0.25, -0.2) is 4.98 Å². The van der Waals surface area contributed by atoms with Crippen molar-refractivity contribution in [3.05, 3.63) is 47.6 Å². The largest absolute Gasteiger partial charge is 0.363 e. The lowest BCUT2D eigenvalue weighted by Gasteiger charge is -2.17. The normalized spacial score (nSPS) is 16.8. The quantitative estimate of drug-likeness (QED) is 0.912. The highest BCUT2D eigenvalue weighted by Gasteiger charge is 2.35. The molecule has 0 bridgehead atoms. The molecule has 130 valence electrons. The standard InChI is InChI=1S/C18H19ClN4O2/c1-22(2)16-7-6-14(10-20-16)21-18(25)12-8-17(24)23(11-12)15-5-3-4-13(19)9-15/h3-7,9-10,12H,8,11H2,1-2H3,(H,21,25)/t12-/m1/s1. The minimum atomic E-state index is -0.403. The summed E-state index contributed by atoms with van der Waals surface area (Å²) in [6, 6.07) is 10.7. The Morgan fingerprint density at radius 2 is 2.12 bits per heavy atom. The number of benzene rings is 1. The van der Waals surface area contributed by atoms with Crippen LogP contribution in [0.15, 0.2) is 42.6 Å². The lowest BCUT2D eigenvalue weighted by atomic mass is 10.1. The number of anilines is 3. The maximum atomic E-state index is 12.5. The number of halogens is 1. The van der Waals surface area contributed by atoms with E-state index in [1.54, 1.807) is 35.4 Å². The maximum absolute atomic E-state index is 12.5. The number of hydrogen-bond acceptors (Lipinski definition) is 4. The smallest absolute Gasteiger partial charge is 0.229 e.